The standard InChI is InChI=1S/C27H22FN3O4S/c1-3-4-10-35-24-14-21-23(13-20(24)17-6-5-7-18(12-17)36(28,33)34)31(2)27-25(26(21)32)19-9-8-16(15-29)11-22(19)30-27/h5-9,11-14,30H,3-4,10H2,1-2H3. The molecule has 9 heteroatoms. The molecule has 2 aromatic heterocycles. The highest BCUT2D eigenvalue weighted by molar-refractivity contribution is 7.86. The van der Waals surface area contributed by atoms with Gasteiger partial charge in [-0.15, -0.1) is 3.89 Å². The zero-order chi connectivity index (χ0) is 25.6. The number of nitriles is 1. The number of halogens is 1. The molecule has 0 atom stereocenters. The van der Waals surface area contributed by atoms with Crippen LogP contribution in [0.3, 0.4) is 0 Å². The van der Waals surface area contributed by atoms with E-state index in [2.05, 4.69) is 11.1 Å². The lowest BCUT2D eigenvalue weighted by Crippen LogP contribution is -2.10. The van der Waals surface area contributed by atoms with E-state index in [0.29, 0.717) is 61.9 Å². The first kappa shape index (κ1) is 23.6. The number of H-pyrrole nitrogens is 1. The largest absolute Gasteiger partial charge is 0.493 e. The third-order valence-electron chi connectivity index (χ3n) is 6.36. The van der Waals surface area contributed by atoms with Gasteiger partial charge in [0.1, 0.15) is 11.4 Å². The number of benzene rings is 3. The van der Waals surface area contributed by atoms with E-state index in [1.807, 2.05) is 18.5 Å². The molecular weight excluding hydrogens is 481 g/mol. The number of pyridine rings is 1. The summed E-state index contributed by atoms with van der Waals surface area (Å²) >= 11 is 0. The minimum atomic E-state index is -4.90. The van der Waals surface area contributed by atoms with Crippen LogP contribution in [0.1, 0.15) is 25.3 Å². The van der Waals surface area contributed by atoms with Gasteiger partial charge in [-0.25, -0.2) is 0 Å². The zero-order valence-electron chi connectivity index (χ0n) is 19.6. The summed E-state index contributed by atoms with van der Waals surface area (Å²) in [5, 5.41) is 10.9. The maximum absolute atomic E-state index is 13.7. The van der Waals surface area contributed by atoms with Gasteiger partial charge in [0.15, 0.2) is 5.43 Å². The van der Waals surface area contributed by atoms with Crippen LogP contribution >= 0.6 is 0 Å². The number of nitrogens with one attached hydrogen (secondary N) is 1. The first-order chi connectivity index (χ1) is 17.2. The van der Waals surface area contributed by atoms with Crippen molar-refractivity contribution in [1.29, 1.82) is 5.26 Å². The molecule has 0 aliphatic heterocycles. The summed E-state index contributed by atoms with van der Waals surface area (Å²) in [7, 11) is -3.08. The van der Waals surface area contributed by atoms with Crippen LogP contribution in [-0.2, 0) is 17.3 Å². The number of aryl methyl sites for hydroxylation is 1. The average molecular weight is 504 g/mol. The smallest absolute Gasteiger partial charge is 0.332 e. The Labute approximate surface area is 206 Å². The lowest BCUT2D eigenvalue weighted by molar-refractivity contribution is 0.311. The van der Waals surface area contributed by atoms with E-state index in [1.54, 1.807) is 36.4 Å². The Hall–Kier alpha value is -4.16. The molecule has 182 valence electrons. The molecule has 36 heavy (non-hydrogen) atoms. The highest BCUT2D eigenvalue weighted by atomic mass is 32.3. The summed E-state index contributed by atoms with van der Waals surface area (Å²) in [5.74, 6) is 0.410. The third kappa shape index (κ3) is 3.89. The van der Waals surface area contributed by atoms with E-state index in [-0.39, 0.29) is 5.43 Å². The second-order valence-corrected chi connectivity index (χ2v) is 9.99. The summed E-state index contributed by atoms with van der Waals surface area (Å²) in [6.07, 6.45) is 1.69. The quantitative estimate of drug-likeness (QED) is 0.242. The number of aromatic nitrogens is 2. The molecule has 0 aliphatic carbocycles. The van der Waals surface area contributed by atoms with Crippen LogP contribution < -0.4 is 10.2 Å². The molecule has 0 fully saturated rings. The summed E-state index contributed by atoms with van der Waals surface area (Å²) < 4.78 is 44.7. The molecule has 5 aromatic rings. The summed E-state index contributed by atoms with van der Waals surface area (Å²) in [5.41, 5.74) is 3.12. The van der Waals surface area contributed by atoms with Gasteiger partial charge >= 0.3 is 10.2 Å². The molecule has 0 radical (unpaired) electrons. The van der Waals surface area contributed by atoms with E-state index < -0.39 is 15.1 Å². The molecule has 3 aromatic carbocycles. The van der Waals surface area contributed by atoms with E-state index in [1.165, 1.54) is 18.2 Å². The highest BCUT2D eigenvalue weighted by Crippen LogP contribution is 2.36. The highest BCUT2D eigenvalue weighted by Gasteiger charge is 2.20. The number of fused-ring (bicyclic) bond motifs is 4. The molecule has 2 heterocycles. The van der Waals surface area contributed by atoms with Gasteiger partial charge in [0.05, 0.1) is 39.4 Å². The Morgan fingerprint density at radius 3 is 2.64 bits per heavy atom. The van der Waals surface area contributed by atoms with Gasteiger partial charge in [-0.3, -0.25) is 4.79 Å². The van der Waals surface area contributed by atoms with Gasteiger partial charge in [0.25, 0.3) is 0 Å². The van der Waals surface area contributed by atoms with Crippen molar-refractivity contribution in [3.8, 4) is 22.9 Å². The molecule has 0 saturated heterocycles. The van der Waals surface area contributed by atoms with Crippen molar-refractivity contribution in [2.75, 3.05) is 6.61 Å². The second-order valence-electron chi connectivity index (χ2n) is 8.64. The molecule has 0 aliphatic rings. The third-order valence-corrected chi connectivity index (χ3v) is 7.17. The van der Waals surface area contributed by atoms with E-state index in [0.717, 1.165) is 12.8 Å². The van der Waals surface area contributed by atoms with Crippen molar-refractivity contribution in [3.05, 3.63) is 70.4 Å². The van der Waals surface area contributed by atoms with Gasteiger partial charge in [0, 0.05) is 23.5 Å². The van der Waals surface area contributed by atoms with E-state index >= 15 is 0 Å². The fraction of sp³-hybridized carbons (Fsp3) is 0.185. The first-order valence-electron chi connectivity index (χ1n) is 11.4. The average Bonchev–Trinajstić information content (AvgIpc) is 3.26. The minimum absolute atomic E-state index is 0.193. The number of unbranched alkanes of at least 4 members (excludes halogenated alkanes) is 1. The summed E-state index contributed by atoms with van der Waals surface area (Å²) in [6.45, 7) is 2.43. The van der Waals surface area contributed by atoms with Crippen LogP contribution in [0.5, 0.6) is 5.75 Å². The molecule has 5 rings (SSSR count). The van der Waals surface area contributed by atoms with E-state index in [4.69, 9.17) is 4.74 Å². The fourth-order valence-electron chi connectivity index (χ4n) is 4.50. The number of aromatic amines is 1. The fourth-order valence-corrected chi connectivity index (χ4v) is 5.01. The van der Waals surface area contributed by atoms with Crippen LogP contribution in [0.2, 0.25) is 0 Å². The van der Waals surface area contributed by atoms with Crippen LogP contribution in [0.4, 0.5) is 3.89 Å². The van der Waals surface area contributed by atoms with Gasteiger partial charge < -0.3 is 14.3 Å². The maximum atomic E-state index is 13.7. The molecule has 0 unspecified atom stereocenters. The molecule has 0 bridgehead atoms. The zero-order valence-corrected chi connectivity index (χ0v) is 20.4. The Morgan fingerprint density at radius 1 is 1.11 bits per heavy atom. The topological polar surface area (TPSA) is 105 Å². The Morgan fingerprint density at radius 2 is 1.92 bits per heavy atom. The van der Waals surface area contributed by atoms with Crippen LogP contribution in [-0.4, -0.2) is 24.6 Å². The van der Waals surface area contributed by atoms with Crippen LogP contribution in [0, 0.1) is 11.3 Å². The number of nitrogens with zero attached hydrogens (tertiary/aromatic N) is 2. The lowest BCUT2D eigenvalue weighted by atomic mass is 10.0. The summed E-state index contributed by atoms with van der Waals surface area (Å²) in [6, 6.07) is 16.3. The predicted molar refractivity (Wildman–Crippen MR) is 137 cm³/mol. The summed E-state index contributed by atoms with van der Waals surface area (Å²) in [4.78, 5) is 16.5. The van der Waals surface area contributed by atoms with Crippen molar-refractivity contribution >= 4 is 43.1 Å². The lowest BCUT2D eigenvalue weighted by Gasteiger charge is -2.16. The number of hydrogen-bond acceptors (Lipinski definition) is 5. The van der Waals surface area contributed by atoms with Crippen molar-refractivity contribution in [2.24, 2.45) is 7.05 Å². The maximum Gasteiger partial charge on any atom is 0.332 e. The Bertz CT molecular complexity index is 1880. The van der Waals surface area contributed by atoms with Crippen molar-refractivity contribution in [2.45, 2.75) is 24.7 Å². The van der Waals surface area contributed by atoms with Crippen LogP contribution in [0.25, 0.3) is 44.0 Å². The van der Waals surface area contributed by atoms with Gasteiger partial charge in [-0.1, -0.05) is 31.5 Å². The van der Waals surface area contributed by atoms with Crippen molar-refractivity contribution < 1.29 is 17.0 Å². The molecule has 1 N–H and O–H groups in total. The predicted octanol–water partition coefficient (Wildman–Crippen LogP) is 5.55. The van der Waals surface area contributed by atoms with E-state index in [9.17, 15) is 22.4 Å². The molecule has 0 saturated carbocycles. The minimum Gasteiger partial charge on any atom is -0.493 e. The van der Waals surface area contributed by atoms with Gasteiger partial charge in [0.2, 0.25) is 0 Å². The second kappa shape index (κ2) is 8.81. The molecule has 0 amide bonds. The number of ether oxygens (including phenoxy) is 1. The Kier molecular flexibility index (Phi) is 5.77. The normalized spacial score (nSPS) is 11.8. The SMILES string of the molecule is CCCCOc1cc2c(=O)c3c4ccc(C#N)cc4[nH]c3n(C)c2cc1-c1cccc(S(=O)(=O)F)c1. The number of rotatable bonds is 6. The molecule has 7 nitrogen and oxygen atoms in total. The van der Waals surface area contributed by atoms with Crippen LogP contribution in [0.15, 0.2) is 64.3 Å². The van der Waals surface area contributed by atoms with Gasteiger partial charge in [-0.2, -0.15) is 13.7 Å². The molecular formula is C27H22FN3O4S. The number of hydrogen-bond donors (Lipinski definition) is 1. The monoisotopic (exact) mass is 503 g/mol. The molecule has 0 spiro atoms. The van der Waals surface area contributed by atoms with Gasteiger partial charge in [-0.05, 0) is 48.4 Å². The Balaban J connectivity index is 1.84. The van der Waals surface area contributed by atoms with Crippen molar-refractivity contribution in [1.82, 2.24) is 9.55 Å². The van der Waals surface area contributed by atoms with Crippen molar-refractivity contribution in [3.63, 3.8) is 0 Å². The first-order valence-corrected chi connectivity index (χ1v) is 12.8.